The summed E-state index contributed by atoms with van der Waals surface area (Å²) in [6.45, 7) is 2.10. The minimum atomic E-state index is 0.153. The molecule has 0 fully saturated rings. The molecule has 1 heterocycles. The quantitative estimate of drug-likeness (QED) is 0.826. The Morgan fingerprint density at radius 2 is 2.39 bits per heavy atom. The van der Waals surface area contributed by atoms with Gasteiger partial charge in [0, 0.05) is 11.6 Å². The number of thiazole rings is 1. The van der Waals surface area contributed by atoms with Crippen LogP contribution in [0, 0.1) is 11.3 Å². The van der Waals surface area contributed by atoms with Crippen LogP contribution >= 0.6 is 11.3 Å². The number of anilines is 2. The minimum absolute atomic E-state index is 0.153. The first-order chi connectivity index (χ1) is 8.74. The maximum atomic E-state index is 8.80. The summed E-state index contributed by atoms with van der Waals surface area (Å²) in [6, 6.07) is 7.50. The SMILES string of the molecule is CCC(Nc1ccc(C#N)cc1N)c1nccs1. The van der Waals surface area contributed by atoms with Crippen LogP contribution in [0.4, 0.5) is 11.4 Å². The molecule has 5 heteroatoms. The van der Waals surface area contributed by atoms with Crippen molar-refractivity contribution >= 4 is 22.7 Å². The maximum Gasteiger partial charge on any atom is 0.115 e. The van der Waals surface area contributed by atoms with E-state index < -0.39 is 0 Å². The van der Waals surface area contributed by atoms with Crippen molar-refractivity contribution in [2.75, 3.05) is 11.1 Å². The molecule has 0 aliphatic carbocycles. The molecule has 0 amide bonds. The molecule has 3 N–H and O–H groups in total. The van der Waals surface area contributed by atoms with Crippen molar-refractivity contribution in [3.05, 3.63) is 40.3 Å². The third kappa shape index (κ3) is 2.60. The predicted octanol–water partition coefficient (Wildman–Crippen LogP) is 3.16. The van der Waals surface area contributed by atoms with Gasteiger partial charge >= 0.3 is 0 Å². The van der Waals surface area contributed by atoms with Gasteiger partial charge in [-0.1, -0.05) is 6.92 Å². The van der Waals surface area contributed by atoms with Crippen molar-refractivity contribution in [1.29, 1.82) is 5.26 Å². The Morgan fingerprint density at radius 3 is 2.94 bits per heavy atom. The van der Waals surface area contributed by atoms with Crippen LogP contribution in [0.15, 0.2) is 29.8 Å². The number of nitrogens with two attached hydrogens (primary N) is 1. The number of benzene rings is 1. The molecule has 0 radical (unpaired) electrons. The number of nitriles is 1. The monoisotopic (exact) mass is 258 g/mol. The lowest BCUT2D eigenvalue weighted by Crippen LogP contribution is -2.10. The Morgan fingerprint density at radius 1 is 1.56 bits per heavy atom. The molecule has 1 aromatic heterocycles. The molecule has 2 rings (SSSR count). The number of aromatic nitrogens is 1. The number of nitrogens with zero attached hydrogens (tertiary/aromatic N) is 2. The molecule has 0 saturated heterocycles. The summed E-state index contributed by atoms with van der Waals surface area (Å²) in [6.07, 6.45) is 2.72. The van der Waals surface area contributed by atoms with Gasteiger partial charge in [0.25, 0.3) is 0 Å². The van der Waals surface area contributed by atoms with E-state index in [1.54, 1.807) is 29.7 Å². The third-order valence-electron chi connectivity index (χ3n) is 2.67. The first-order valence-corrected chi connectivity index (χ1v) is 6.58. The fourth-order valence-corrected chi connectivity index (χ4v) is 2.47. The first kappa shape index (κ1) is 12.4. The largest absolute Gasteiger partial charge is 0.397 e. The molecular weight excluding hydrogens is 244 g/mol. The average Bonchev–Trinajstić information content (AvgIpc) is 2.91. The van der Waals surface area contributed by atoms with Gasteiger partial charge in [-0.2, -0.15) is 5.26 Å². The van der Waals surface area contributed by atoms with Crippen LogP contribution in [-0.2, 0) is 0 Å². The van der Waals surface area contributed by atoms with Crippen molar-refractivity contribution in [3.8, 4) is 6.07 Å². The molecule has 4 nitrogen and oxygen atoms in total. The van der Waals surface area contributed by atoms with Gasteiger partial charge in [-0.15, -0.1) is 11.3 Å². The van der Waals surface area contributed by atoms with Gasteiger partial charge in [-0.25, -0.2) is 4.98 Å². The standard InChI is InChI=1S/C13H14N4S/c1-2-11(13-16-5-6-18-13)17-12-4-3-9(8-14)7-10(12)15/h3-7,11,17H,2,15H2,1H3. The Kier molecular flexibility index (Phi) is 3.80. The molecule has 1 aromatic carbocycles. The lowest BCUT2D eigenvalue weighted by Gasteiger charge is -2.17. The Labute approximate surface area is 110 Å². The second kappa shape index (κ2) is 5.52. The van der Waals surface area contributed by atoms with E-state index in [0.29, 0.717) is 11.3 Å². The topological polar surface area (TPSA) is 74.7 Å². The molecule has 92 valence electrons. The lowest BCUT2D eigenvalue weighted by molar-refractivity contribution is 0.742. The summed E-state index contributed by atoms with van der Waals surface area (Å²) in [5.41, 5.74) is 7.92. The average molecular weight is 258 g/mol. The summed E-state index contributed by atoms with van der Waals surface area (Å²) >= 11 is 1.62. The van der Waals surface area contributed by atoms with Gasteiger partial charge in [0.15, 0.2) is 0 Å². The van der Waals surface area contributed by atoms with Crippen LogP contribution in [-0.4, -0.2) is 4.98 Å². The van der Waals surface area contributed by atoms with Crippen molar-refractivity contribution in [3.63, 3.8) is 0 Å². The summed E-state index contributed by atoms with van der Waals surface area (Å²) in [5, 5.41) is 15.2. The molecule has 18 heavy (non-hydrogen) atoms. The van der Waals surface area contributed by atoms with E-state index in [4.69, 9.17) is 11.0 Å². The summed E-state index contributed by atoms with van der Waals surface area (Å²) in [5.74, 6) is 0. The number of nitrogen functional groups attached to an aromatic ring is 1. The highest BCUT2D eigenvalue weighted by Gasteiger charge is 2.13. The minimum Gasteiger partial charge on any atom is -0.397 e. The van der Waals surface area contributed by atoms with Crippen LogP contribution in [0.1, 0.15) is 30.0 Å². The van der Waals surface area contributed by atoms with Crippen LogP contribution in [0.2, 0.25) is 0 Å². The second-order valence-corrected chi connectivity index (χ2v) is 4.82. The molecular formula is C13H14N4S. The van der Waals surface area contributed by atoms with Gasteiger partial charge in [0.05, 0.1) is 29.0 Å². The van der Waals surface area contributed by atoms with E-state index in [1.165, 1.54) is 0 Å². The number of hydrogen-bond acceptors (Lipinski definition) is 5. The van der Waals surface area contributed by atoms with E-state index in [9.17, 15) is 0 Å². The summed E-state index contributed by atoms with van der Waals surface area (Å²) < 4.78 is 0. The number of nitrogens with one attached hydrogen (secondary N) is 1. The van der Waals surface area contributed by atoms with Crippen LogP contribution in [0.3, 0.4) is 0 Å². The second-order valence-electron chi connectivity index (χ2n) is 3.89. The highest BCUT2D eigenvalue weighted by Crippen LogP contribution is 2.27. The van der Waals surface area contributed by atoms with E-state index in [0.717, 1.165) is 17.1 Å². The van der Waals surface area contributed by atoms with Gasteiger partial charge in [0.1, 0.15) is 5.01 Å². The van der Waals surface area contributed by atoms with E-state index in [1.807, 2.05) is 11.4 Å². The van der Waals surface area contributed by atoms with Crippen LogP contribution < -0.4 is 11.1 Å². The fourth-order valence-electron chi connectivity index (χ4n) is 1.70. The summed E-state index contributed by atoms with van der Waals surface area (Å²) in [7, 11) is 0. The molecule has 0 aliphatic heterocycles. The van der Waals surface area contributed by atoms with E-state index in [-0.39, 0.29) is 6.04 Å². The van der Waals surface area contributed by atoms with Crippen LogP contribution in [0.5, 0.6) is 0 Å². The molecule has 0 aliphatic rings. The molecule has 0 bridgehead atoms. The first-order valence-electron chi connectivity index (χ1n) is 5.70. The summed E-state index contributed by atoms with van der Waals surface area (Å²) in [4.78, 5) is 4.31. The van der Waals surface area contributed by atoms with Crippen molar-refractivity contribution in [2.45, 2.75) is 19.4 Å². The zero-order chi connectivity index (χ0) is 13.0. The highest BCUT2D eigenvalue weighted by atomic mass is 32.1. The normalized spacial score (nSPS) is 11.8. The Balaban J connectivity index is 2.20. The lowest BCUT2D eigenvalue weighted by atomic mass is 10.1. The van der Waals surface area contributed by atoms with Gasteiger partial charge in [0.2, 0.25) is 0 Å². The Bertz CT molecular complexity index is 557. The maximum absolute atomic E-state index is 8.80. The van der Waals surface area contributed by atoms with E-state index >= 15 is 0 Å². The number of rotatable bonds is 4. The zero-order valence-corrected chi connectivity index (χ0v) is 10.9. The molecule has 2 aromatic rings. The van der Waals surface area contributed by atoms with Crippen LogP contribution in [0.25, 0.3) is 0 Å². The van der Waals surface area contributed by atoms with Gasteiger partial charge in [-0.05, 0) is 24.6 Å². The van der Waals surface area contributed by atoms with E-state index in [2.05, 4.69) is 23.3 Å². The Hall–Kier alpha value is -2.06. The van der Waals surface area contributed by atoms with Gasteiger partial charge < -0.3 is 11.1 Å². The smallest absolute Gasteiger partial charge is 0.115 e. The molecule has 1 unspecified atom stereocenters. The molecule has 0 saturated carbocycles. The van der Waals surface area contributed by atoms with Crippen molar-refractivity contribution < 1.29 is 0 Å². The van der Waals surface area contributed by atoms with Crippen molar-refractivity contribution in [2.24, 2.45) is 0 Å². The van der Waals surface area contributed by atoms with Gasteiger partial charge in [-0.3, -0.25) is 0 Å². The molecule has 0 spiro atoms. The fraction of sp³-hybridized carbons (Fsp3) is 0.231. The zero-order valence-electron chi connectivity index (χ0n) is 10.1. The number of hydrogen-bond donors (Lipinski definition) is 2. The third-order valence-corrected chi connectivity index (χ3v) is 3.56. The highest BCUT2D eigenvalue weighted by molar-refractivity contribution is 7.09. The molecule has 1 atom stereocenters. The predicted molar refractivity (Wildman–Crippen MR) is 74.3 cm³/mol. The van der Waals surface area contributed by atoms with Crippen molar-refractivity contribution in [1.82, 2.24) is 4.98 Å².